The highest BCUT2D eigenvalue weighted by molar-refractivity contribution is 14.1. The number of hydrogen-bond donors (Lipinski definition) is 0. The van der Waals surface area contributed by atoms with Gasteiger partial charge in [0.15, 0.2) is 0 Å². The predicted octanol–water partition coefficient (Wildman–Crippen LogP) is 4.44. The summed E-state index contributed by atoms with van der Waals surface area (Å²) in [6.07, 6.45) is -4.16. The van der Waals surface area contributed by atoms with Gasteiger partial charge in [-0.05, 0) is 52.0 Å². The van der Waals surface area contributed by atoms with E-state index in [1.54, 1.807) is 0 Å². The van der Waals surface area contributed by atoms with Crippen LogP contribution in [0, 0.1) is 3.57 Å². The monoisotopic (exact) mass is 379 g/mol. The van der Waals surface area contributed by atoms with Crippen molar-refractivity contribution in [2.45, 2.75) is 12.7 Å². The first-order valence-electron chi connectivity index (χ1n) is 5.78. The summed E-state index contributed by atoms with van der Waals surface area (Å²) in [6.45, 7) is -0.607. The van der Waals surface area contributed by atoms with E-state index >= 15 is 0 Å². The highest BCUT2D eigenvalue weighted by atomic mass is 127. The Balaban J connectivity index is 2.29. The molecule has 0 unspecified atom stereocenters. The van der Waals surface area contributed by atoms with Crippen molar-refractivity contribution in [3.63, 3.8) is 0 Å². The SMILES string of the molecule is CN(Cc1ccc(I)c2ccccc12)CC(F)(F)F. The Kier molecular flexibility index (Phi) is 4.35. The first-order valence-corrected chi connectivity index (χ1v) is 6.86. The van der Waals surface area contributed by atoms with E-state index in [4.69, 9.17) is 0 Å². The van der Waals surface area contributed by atoms with E-state index in [0.29, 0.717) is 0 Å². The van der Waals surface area contributed by atoms with Crippen LogP contribution in [0.15, 0.2) is 36.4 Å². The standard InChI is InChI=1S/C14H13F3IN/c1-19(9-14(15,16)17)8-10-6-7-13(18)12-5-3-2-4-11(10)12/h2-7H,8-9H2,1H3. The smallest absolute Gasteiger partial charge is 0.294 e. The van der Waals surface area contributed by atoms with Gasteiger partial charge in [0.25, 0.3) is 0 Å². The van der Waals surface area contributed by atoms with E-state index in [-0.39, 0.29) is 6.54 Å². The Morgan fingerprint density at radius 1 is 1.05 bits per heavy atom. The van der Waals surface area contributed by atoms with E-state index in [0.717, 1.165) is 19.9 Å². The molecule has 0 N–H and O–H groups in total. The summed E-state index contributed by atoms with van der Waals surface area (Å²) in [7, 11) is 1.49. The average Bonchev–Trinajstić information content (AvgIpc) is 2.31. The maximum Gasteiger partial charge on any atom is 0.401 e. The van der Waals surface area contributed by atoms with Crippen molar-refractivity contribution in [1.29, 1.82) is 0 Å². The maximum atomic E-state index is 12.3. The molecule has 19 heavy (non-hydrogen) atoms. The summed E-state index contributed by atoms with van der Waals surface area (Å²) in [4.78, 5) is 1.29. The van der Waals surface area contributed by atoms with Crippen LogP contribution in [-0.2, 0) is 6.54 Å². The van der Waals surface area contributed by atoms with Crippen LogP contribution in [0.3, 0.4) is 0 Å². The fraction of sp³-hybridized carbons (Fsp3) is 0.286. The van der Waals surface area contributed by atoms with Crippen LogP contribution in [0.4, 0.5) is 13.2 Å². The summed E-state index contributed by atoms with van der Waals surface area (Å²) in [6, 6.07) is 11.6. The molecule has 0 aromatic heterocycles. The van der Waals surface area contributed by atoms with Crippen molar-refractivity contribution < 1.29 is 13.2 Å². The quantitative estimate of drug-likeness (QED) is 0.713. The summed E-state index contributed by atoms with van der Waals surface area (Å²) < 4.78 is 38.1. The van der Waals surface area contributed by atoms with Crippen LogP contribution in [-0.4, -0.2) is 24.7 Å². The zero-order valence-electron chi connectivity index (χ0n) is 10.3. The number of benzene rings is 2. The van der Waals surface area contributed by atoms with Gasteiger partial charge in [-0.25, -0.2) is 0 Å². The second-order valence-electron chi connectivity index (χ2n) is 4.54. The van der Waals surface area contributed by atoms with E-state index in [1.807, 2.05) is 36.4 Å². The molecule has 0 amide bonds. The van der Waals surface area contributed by atoms with E-state index in [9.17, 15) is 13.2 Å². The molecule has 0 heterocycles. The van der Waals surface area contributed by atoms with E-state index in [1.165, 1.54) is 11.9 Å². The first kappa shape index (κ1) is 14.6. The topological polar surface area (TPSA) is 3.24 Å². The molecular weight excluding hydrogens is 366 g/mol. The van der Waals surface area contributed by atoms with E-state index in [2.05, 4.69) is 22.6 Å². The molecule has 102 valence electrons. The summed E-state index contributed by atoms with van der Waals surface area (Å²) >= 11 is 2.24. The first-order chi connectivity index (χ1) is 8.87. The largest absolute Gasteiger partial charge is 0.401 e. The van der Waals surface area contributed by atoms with Crippen LogP contribution in [0.25, 0.3) is 10.8 Å². The van der Waals surface area contributed by atoms with Crippen molar-refractivity contribution in [3.05, 3.63) is 45.5 Å². The van der Waals surface area contributed by atoms with Crippen LogP contribution in [0.5, 0.6) is 0 Å². The van der Waals surface area contributed by atoms with Gasteiger partial charge < -0.3 is 0 Å². The van der Waals surface area contributed by atoms with Gasteiger partial charge >= 0.3 is 6.18 Å². The van der Waals surface area contributed by atoms with Gasteiger partial charge in [-0.3, -0.25) is 4.90 Å². The van der Waals surface area contributed by atoms with Crippen molar-refractivity contribution in [1.82, 2.24) is 4.90 Å². The molecular formula is C14H13F3IN. The third kappa shape index (κ3) is 3.82. The second kappa shape index (κ2) is 5.66. The molecule has 0 saturated heterocycles. The van der Waals surface area contributed by atoms with Crippen molar-refractivity contribution in [2.75, 3.05) is 13.6 Å². The Labute approximate surface area is 123 Å². The normalized spacial score (nSPS) is 12.3. The fourth-order valence-corrected chi connectivity index (χ4v) is 2.77. The zero-order chi connectivity index (χ0) is 14.0. The fourth-order valence-electron chi connectivity index (χ4n) is 2.12. The van der Waals surface area contributed by atoms with Crippen LogP contribution in [0.2, 0.25) is 0 Å². The number of fused-ring (bicyclic) bond motifs is 1. The molecule has 0 spiro atoms. The number of nitrogens with zero attached hydrogens (tertiary/aromatic N) is 1. The molecule has 1 nitrogen and oxygen atoms in total. The molecule has 2 rings (SSSR count). The minimum atomic E-state index is -4.16. The lowest BCUT2D eigenvalue weighted by atomic mass is 10.0. The minimum absolute atomic E-state index is 0.289. The molecule has 0 bridgehead atoms. The summed E-state index contributed by atoms with van der Waals surface area (Å²) in [5, 5.41) is 2.10. The summed E-state index contributed by atoms with van der Waals surface area (Å²) in [5.74, 6) is 0. The molecule has 2 aromatic carbocycles. The van der Waals surface area contributed by atoms with Crippen LogP contribution < -0.4 is 0 Å². The number of hydrogen-bond acceptors (Lipinski definition) is 1. The van der Waals surface area contributed by atoms with Gasteiger partial charge in [-0.1, -0.05) is 30.3 Å². The highest BCUT2D eigenvalue weighted by Gasteiger charge is 2.29. The van der Waals surface area contributed by atoms with Crippen LogP contribution >= 0.6 is 22.6 Å². The molecule has 5 heteroatoms. The van der Waals surface area contributed by atoms with Gasteiger partial charge in [-0.15, -0.1) is 0 Å². The average molecular weight is 379 g/mol. The molecule has 0 atom stereocenters. The number of rotatable bonds is 3. The van der Waals surface area contributed by atoms with Crippen molar-refractivity contribution >= 4 is 33.4 Å². The van der Waals surface area contributed by atoms with Crippen LogP contribution in [0.1, 0.15) is 5.56 Å². The Bertz CT molecular complexity index is 580. The molecule has 0 fully saturated rings. The van der Waals surface area contributed by atoms with Gasteiger partial charge in [0.1, 0.15) is 0 Å². The zero-order valence-corrected chi connectivity index (χ0v) is 12.5. The molecule has 0 aliphatic rings. The van der Waals surface area contributed by atoms with E-state index < -0.39 is 12.7 Å². The van der Waals surface area contributed by atoms with Gasteiger partial charge in [0.05, 0.1) is 6.54 Å². The summed E-state index contributed by atoms with van der Waals surface area (Å²) in [5.41, 5.74) is 0.919. The maximum absolute atomic E-state index is 12.3. The minimum Gasteiger partial charge on any atom is -0.294 e. The lowest BCUT2D eigenvalue weighted by Crippen LogP contribution is -2.30. The van der Waals surface area contributed by atoms with Gasteiger partial charge in [-0.2, -0.15) is 13.2 Å². The highest BCUT2D eigenvalue weighted by Crippen LogP contribution is 2.25. The third-order valence-corrected chi connectivity index (χ3v) is 3.79. The Hall–Kier alpha value is -0.820. The number of alkyl halides is 3. The second-order valence-corrected chi connectivity index (χ2v) is 5.70. The predicted molar refractivity (Wildman–Crippen MR) is 79.1 cm³/mol. The van der Waals surface area contributed by atoms with Gasteiger partial charge in [0.2, 0.25) is 0 Å². The Morgan fingerprint density at radius 2 is 1.68 bits per heavy atom. The third-order valence-electron chi connectivity index (χ3n) is 2.85. The van der Waals surface area contributed by atoms with Crippen molar-refractivity contribution in [2.24, 2.45) is 0 Å². The van der Waals surface area contributed by atoms with Gasteiger partial charge in [0, 0.05) is 10.1 Å². The Morgan fingerprint density at radius 3 is 2.32 bits per heavy atom. The lowest BCUT2D eigenvalue weighted by molar-refractivity contribution is -0.143. The molecule has 0 saturated carbocycles. The molecule has 0 aliphatic carbocycles. The number of halogens is 4. The molecule has 2 aromatic rings. The van der Waals surface area contributed by atoms with Crippen molar-refractivity contribution in [3.8, 4) is 0 Å². The lowest BCUT2D eigenvalue weighted by Gasteiger charge is -2.19. The molecule has 0 aliphatic heterocycles. The molecule has 0 radical (unpaired) electrons.